The molecular formula is C13H18N4. The number of hydrogen-bond acceptors (Lipinski definition) is 3. The van der Waals surface area contributed by atoms with Gasteiger partial charge in [0.2, 0.25) is 0 Å². The summed E-state index contributed by atoms with van der Waals surface area (Å²) in [6.45, 7) is 5.75. The van der Waals surface area contributed by atoms with Crippen LogP contribution in [0.3, 0.4) is 0 Å². The van der Waals surface area contributed by atoms with Crippen molar-refractivity contribution in [3.63, 3.8) is 0 Å². The van der Waals surface area contributed by atoms with E-state index in [9.17, 15) is 0 Å². The molecule has 0 amide bonds. The van der Waals surface area contributed by atoms with E-state index in [1.165, 1.54) is 5.56 Å². The molecule has 0 saturated carbocycles. The summed E-state index contributed by atoms with van der Waals surface area (Å²) in [6.07, 6.45) is 3.90. The summed E-state index contributed by atoms with van der Waals surface area (Å²) >= 11 is 0. The first-order valence-electron chi connectivity index (χ1n) is 5.75. The topological polar surface area (TPSA) is 55.9 Å². The zero-order valence-corrected chi connectivity index (χ0v) is 10.3. The van der Waals surface area contributed by atoms with Crippen molar-refractivity contribution in [1.29, 1.82) is 0 Å². The Hall–Kier alpha value is -1.97. The van der Waals surface area contributed by atoms with Gasteiger partial charge in [-0.25, -0.2) is 0 Å². The molecule has 1 aromatic heterocycles. The van der Waals surface area contributed by atoms with Gasteiger partial charge in [-0.15, -0.1) is 0 Å². The maximum atomic E-state index is 5.85. The van der Waals surface area contributed by atoms with Crippen molar-refractivity contribution in [2.45, 2.75) is 20.4 Å². The minimum absolute atomic E-state index is 0.824. The number of hydrogen-bond donors (Lipinski definition) is 2. The van der Waals surface area contributed by atoms with Crippen LogP contribution in [0.1, 0.15) is 11.1 Å². The summed E-state index contributed by atoms with van der Waals surface area (Å²) < 4.78 is 1.93. The summed E-state index contributed by atoms with van der Waals surface area (Å²) in [6, 6.07) is 5.92. The highest BCUT2D eigenvalue weighted by Crippen LogP contribution is 2.19. The molecule has 0 fully saturated rings. The van der Waals surface area contributed by atoms with Crippen LogP contribution in [0.4, 0.5) is 11.4 Å². The lowest BCUT2D eigenvalue weighted by Crippen LogP contribution is -2.11. The zero-order chi connectivity index (χ0) is 12.3. The minimum Gasteiger partial charge on any atom is -0.398 e. The van der Waals surface area contributed by atoms with E-state index in [1.54, 1.807) is 0 Å². The van der Waals surface area contributed by atoms with E-state index in [0.29, 0.717) is 0 Å². The number of nitrogens with zero attached hydrogens (tertiary/aromatic N) is 2. The highest BCUT2D eigenvalue weighted by atomic mass is 15.3. The van der Waals surface area contributed by atoms with Crippen molar-refractivity contribution < 1.29 is 0 Å². The number of aryl methyl sites for hydroxylation is 1. The van der Waals surface area contributed by atoms with Crippen LogP contribution in [0, 0.1) is 13.8 Å². The number of nitrogens with one attached hydrogen (secondary N) is 1. The van der Waals surface area contributed by atoms with Gasteiger partial charge in [-0.2, -0.15) is 5.10 Å². The predicted octanol–water partition coefficient (Wildman–Crippen LogP) is 2.19. The number of anilines is 2. The lowest BCUT2D eigenvalue weighted by Gasteiger charge is -2.11. The normalized spacial score (nSPS) is 10.5. The van der Waals surface area contributed by atoms with Crippen LogP contribution in [-0.4, -0.2) is 16.3 Å². The molecule has 0 bridgehead atoms. The molecule has 4 nitrogen and oxygen atoms in total. The van der Waals surface area contributed by atoms with Gasteiger partial charge in [0.15, 0.2) is 0 Å². The van der Waals surface area contributed by atoms with E-state index >= 15 is 0 Å². The average molecular weight is 230 g/mol. The van der Waals surface area contributed by atoms with Crippen LogP contribution in [0.25, 0.3) is 0 Å². The second kappa shape index (κ2) is 4.91. The quantitative estimate of drug-likeness (QED) is 0.792. The molecule has 17 heavy (non-hydrogen) atoms. The second-order valence-corrected chi connectivity index (χ2v) is 4.23. The number of nitrogens with two attached hydrogens (primary N) is 1. The molecule has 4 heteroatoms. The van der Waals surface area contributed by atoms with Crippen molar-refractivity contribution in [2.75, 3.05) is 17.6 Å². The van der Waals surface area contributed by atoms with Crippen LogP contribution >= 0.6 is 0 Å². The maximum absolute atomic E-state index is 5.85. The van der Waals surface area contributed by atoms with Gasteiger partial charge < -0.3 is 11.1 Å². The maximum Gasteiger partial charge on any atom is 0.0582 e. The molecule has 2 rings (SSSR count). The van der Waals surface area contributed by atoms with Crippen molar-refractivity contribution in [1.82, 2.24) is 9.78 Å². The Labute approximate surface area is 101 Å². The van der Waals surface area contributed by atoms with Crippen molar-refractivity contribution in [3.05, 3.63) is 41.7 Å². The Kier molecular flexibility index (Phi) is 3.32. The second-order valence-electron chi connectivity index (χ2n) is 4.23. The Bertz CT molecular complexity index is 502. The van der Waals surface area contributed by atoms with Crippen molar-refractivity contribution >= 4 is 11.4 Å². The summed E-state index contributed by atoms with van der Waals surface area (Å²) in [7, 11) is 0. The van der Waals surface area contributed by atoms with Crippen LogP contribution in [0.15, 0.2) is 30.6 Å². The van der Waals surface area contributed by atoms with Gasteiger partial charge in [0.1, 0.15) is 0 Å². The highest BCUT2D eigenvalue weighted by molar-refractivity contribution is 5.62. The summed E-state index contributed by atoms with van der Waals surface area (Å²) in [5.74, 6) is 0. The SMILES string of the molecule is Cc1cnn(CCNc2cccc(N)c2C)c1. The van der Waals surface area contributed by atoms with Crippen LogP contribution in [0.5, 0.6) is 0 Å². The molecule has 1 aromatic carbocycles. The molecule has 0 aliphatic rings. The van der Waals surface area contributed by atoms with Crippen LogP contribution < -0.4 is 11.1 Å². The lowest BCUT2D eigenvalue weighted by molar-refractivity contribution is 0.637. The third-order valence-corrected chi connectivity index (χ3v) is 2.79. The third kappa shape index (κ3) is 2.78. The summed E-state index contributed by atoms with van der Waals surface area (Å²) in [5, 5.41) is 7.61. The van der Waals surface area contributed by atoms with Gasteiger partial charge >= 0.3 is 0 Å². The molecule has 1 heterocycles. The number of nitrogen functional groups attached to an aromatic ring is 1. The van der Waals surface area contributed by atoms with Gasteiger partial charge in [0, 0.05) is 24.1 Å². The number of rotatable bonds is 4. The molecule has 2 aromatic rings. The van der Waals surface area contributed by atoms with Crippen LogP contribution in [0.2, 0.25) is 0 Å². The molecule has 0 spiro atoms. The molecule has 0 aliphatic heterocycles. The lowest BCUT2D eigenvalue weighted by atomic mass is 10.1. The van der Waals surface area contributed by atoms with Crippen molar-refractivity contribution in [2.24, 2.45) is 0 Å². The van der Waals surface area contributed by atoms with Gasteiger partial charge in [0.05, 0.1) is 12.7 Å². The summed E-state index contributed by atoms with van der Waals surface area (Å²) in [4.78, 5) is 0. The van der Waals surface area contributed by atoms with E-state index in [1.807, 2.05) is 49.1 Å². The molecule has 0 saturated heterocycles. The smallest absolute Gasteiger partial charge is 0.0582 e. The van der Waals surface area contributed by atoms with E-state index in [4.69, 9.17) is 5.73 Å². The molecule has 0 atom stereocenters. The fourth-order valence-electron chi connectivity index (χ4n) is 1.74. The average Bonchev–Trinajstić information content (AvgIpc) is 2.70. The minimum atomic E-state index is 0.824. The molecule has 90 valence electrons. The first kappa shape index (κ1) is 11.5. The zero-order valence-electron chi connectivity index (χ0n) is 10.3. The first-order chi connectivity index (χ1) is 8.16. The van der Waals surface area contributed by atoms with E-state index in [2.05, 4.69) is 10.4 Å². The molecule has 3 N–H and O–H groups in total. The molecular weight excluding hydrogens is 212 g/mol. The fraction of sp³-hybridized carbons (Fsp3) is 0.308. The molecule has 0 unspecified atom stereocenters. The largest absolute Gasteiger partial charge is 0.398 e. The third-order valence-electron chi connectivity index (χ3n) is 2.79. The Morgan fingerprint density at radius 1 is 1.35 bits per heavy atom. The van der Waals surface area contributed by atoms with Gasteiger partial charge in [-0.1, -0.05) is 6.07 Å². The predicted molar refractivity (Wildman–Crippen MR) is 71.0 cm³/mol. The Morgan fingerprint density at radius 2 is 2.18 bits per heavy atom. The van der Waals surface area contributed by atoms with E-state index < -0.39 is 0 Å². The molecule has 0 aliphatic carbocycles. The first-order valence-corrected chi connectivity index (χ1v) is 5.75. The molecule has 0 radical (unpaired) electrons. The number of aromatic nitrogens is 2. The van der Waals surface area contributed by atoms with Gasteiger partial charge in [-0.3, -0.25) is 4.68 Å². The Morgan fingerprint density at radius 3 is 2.88 bits per heavy atom. The highest BCUT2D eigenvalue weighted by Gasteiger charge is 2.00. The van der Waals surface area contributed by atoms with Gasteiger partial charge in [0.25, 0.3) is 0 Å². The monoisotopic (exact) mass is 230 g/mol. The number of benzene rings is 1. The van der Waals surface area contributed by atoms with Crippen LogP contribution in [-0.2, 0) is 6.54 Å². The summed E-state index contributed by atoms with van der Waals surface area (Å²) in [5.41, 5.74) is 10.1. The standard InChI is InChI=1S/C13H18N4/c1-10-8-16-17(9-10)7-6-15-13-5-3-4-12(14)11(13)2/h3-5,8-9,15H,6-7,14H2,1-2H3. The van der Waals surface area contributed by atoms with Crippen molar-refractivity contribution in [3.8, 4) is 0 Å². The fourth-order valence-corrected chi connectivity index (χ4v) is 1.74. The van der Waals surface area contributed by atoms with E-state index in [-0.39, 0.29) is 0 Å². The Balaban J connectivity index is 1.92. The van der Waals surface area contributed by atoms with E-state index in [0.717, 1.165) is 30.0 Å². The van der Waals surface area contributed by atoms with Gasteiger partial charge in [-0.05, 0) is 37.1 Å².